The first kappa shape index (κ1) is 13.8. The first-order valence-corrected chi connectivity index (χ1v) is 7.32. The van der Waals surface area contributed by atoms with Gasteiger partial charge in [0.2, 0.25) is 5.89 Å². The Morgan fingerprint density at radius 1 is 1.48 bits per heavy atom. The molecule has 7 heteroatoms. The van der Waals surface area contributed by atoms with Crippen LogP contribution in [0.25, 0.3) is 0 Å². The van der Waals surface area contributed by atoms with Crippen molar-refractivity contribution in [1.29, 1.82) is 0 Å². The molecule has 1 fully saturated rings. The van der Waals surface area contributed by atoms with Gasteiger partial charge in [-0.15, -0.1) is 0 Å². The van der Waals surface area contributed by atoms with Gasteiger partial charge in [-0.25, -0.2) is 0 Å². The van der Waals surface area contributed by atoms with Gasteiger partial charge in [0, 0.05) is 19.3 Å². The predicted octanol–water partition coefficient (Wildman–Crippen LogP) is 1.96. The van der Waals surface area contributed by atoms with Gasteiger partial charge in [0.15, 0.2) is 5.82 Å². The minimum Gasteiger partial charge on any atom is -0.337 e. The summed E-state index contributed by atoms with van der Waals surface area (Å²) >= 11 is 0. The lowest BCUT2D eigenvalue weighted by atomic mass is 10.0. The maximum atomic E-state index is 12.7. The van der Waals surface area contributed by atoms with Crippen LogP contribution in [0.2, 0.25) is 0 Å². The highest BCUT2D eigenvalue weighted by atomic mass is 16.5. The Balaban J connectivity index is 1.85. The number of aryl methyl sites for hydroxylation is 2. The van der Waals surface area contributed by atoms with Crippen LogP contribution in [0.3, 0.4) is 0 Å². The highest BCUT2D eigenvalue weighted by Crippen LogP contribution is 2.31. The summed E-state index contributed by atoms with van der Waals surface area (Å²) < 4.78 is 7.02. The monoisotopic (exact) mass is 289 g/mol. The van der Waals surface area contributed by atoms with E-state index in [1.807, 2.05) is 11.8 Å². The molecule has 2 aromatic rings. The summed E-state index contributed by atoms with van der Waals surface area (Å²) in [7, 11) is 0. The molecule has 1 aliphatic heterocycles. The average Bonchev–Trinajstić information content (AvgIpc) is 3.15. The van der Waals surface area contributed by atoms with Gasteiger partial charge in [0.05, 0.1) is 11.8 Å². The fourth-order valence-corrected chi connectivity index (χ4v) is 2.69. The first-order chi connectivity index (χ1) is 10.2. The van der Waals surface area contributed by atoms with Crippen LogP contribution in [0.4, 0.5) is 0 Å². The normalized spacial score (nSPS) is 19.0. The van der Waals surface area contributed by atoms with Crippen LogP contribution in [-0.2, 0) is 6.54 Å². The number of piperidine rings is 1. The lowest BCUT2D eigenvalue weighted by molar-refractivity contribution is 0.0561. The van der Waals surface area contributed by atoms with Gasteiger partial charge in [0.1, 0.15) is 6.04 Å². The molecule has 2 aromatic heterocycles. The molecule has 0 saturated carbocycles. The Bertz CT molecular complexity index is 633. The van der Waals surface area contributed by atoms with Crippen molar-refractivity contribution in [1.82, 2.24) is 24.8 Å². The van der Waals surface area contributed by atoms with Crippen LogP contribution in [-0.4, -0.2) is 37.3 Å². The first-order valence-electron chi connectivity index (χ1n) is 7.32. The standard InChI is InChI=1S/C14H19N5O2/c1-3-18-9-11(8-15-18)14(20)19-7-5-4-6-12(19)13-16-10(2)17-21-13/h8-9,12H,3-7H2,1-2H3. The molecule has 1 unspecified atom stereocenters. The summed E-state index contributed by atoms with van der Waals surface area (Å²) in [6, 6.07) is -0.127. The molecule has 0 aliphatic carbocycles. The molecule has 0 spiro atoms. The zero-order valence-corrected chi connectivity index (χ0v) is 12.3. The number of hydrogen-bond acceptors (Lipinski definition) is 5. The van der Waals surface area contributed by atoms with E-state index in [0.29, 0.717) is 23.8 Å². The molecule has 112 valence electrons. The third-order valence-electron chi connectivity index (χ3n) is 3.80. The second-order valence-electron chi connectivity index (χ2n) is 5.27. The second-order valence-corrected chi connectivity index (χ2v) is 5.27. The third-order valence-corrected chi connectivity index (χ3v) is 3.80. The van der Waals surface area contributed by atoms with E-state index in [1.54, 1.807) is 24.0 Å². The van der Waals surface area contributed by atoms with Crippen LogP contribution in [0.15, 0.2) is 16.9 Å². The van der Waals surface area contributed by atoms with E-state index in [9.17, 15) is 4.79 Å². The summed E-state index contributed by atoms with van der Waals surface area (Å²) in [6.45, 7) is 5.24. The molecule has 21 heavy (non-hydrogen) atoms. The molecule has 0 radical (unpaired) electrons. The van der Waals surface area contributed by atoms with Crippen molar-refractivity contribution in [2.75, 3.05) is 6.54 Å². The molecule has 7 nitrogen and oxygen atoms in total. The van der Waals surface area contributed by atoms with E-state index in [-0.39, 0.29) is 11.9 Å². The number of carbonyl (C=O) groups excluding carboxylic acids is 1. The number of aromatic nitrogens is 4. The van der Waals surface area contributed by atoms with E-state index in [4.69, 9.17) is 4.52 Å². The van der Waals surface area contributed by atoms with Crippen molar-refractivity contribution in [3.8, 4) is 0 Å². The molecule has 0 aromatic carbocycles. The zero-order chi connectivity index (χ0) is 14.8. The Morgan fingerprint density at radius 2 is 2.33 bits per heavy atom. The van der Waals surface area contributed by atoms with Gasteiger partial charge in [-0.3, -0.25) is 9.48 Å². The molecule has 1 saturated heterocycles. The zero-order valence-electron chi connectivity index (χ0n) is 12.3. The minimum atomic E-state index is -0.127. The molecule has 1 aliphatic rings. The van der Waals surface area contributed by atoms with E-state index < -0.39 is 0 Å². The van der Waals surface area contributed by atoms with Crippen LogP contribution < -0.4 is 0 Å². The lowest BCUT2D eigenvalue weighted by Crippen LogP contribution is -2.38. The van der Waals surface area contributed by atoms with Gasteiger partial charge in [-0.05, 0) is 33.1 Å². The highest BCUT2D eigenvalue weighted by molar-refractivity contribution is 5.94. The largest absolute Gasteiger partial charge is 0.337 e. The number of likely N-dealkylation sites (tertiary alicyclic amines) is 1. The molecule has 0 N–H and O–H groups in total. The van der Waals surface area contributed by atoms with E-state index in [2.05, 4.69) is 15.2 Å². The van der Waals surface area contributed by atoms with Crippen molar-refractivity contribution in [2.24, 2.45) is 0 Å². The van der Waals surface area contributed by atoms with Gasteiger partial charge in [-0.1, -0.05) is 5.16 Å². The van der Waals surface area contributed by atoms with E-state index in [1.165, 1.54) is 0 Å². The number of hydrogen-bond donors (Lipinski definition) is 0. The maximum absolute atomic E-state index is 12.7. The number of rotatable bonds is 3. The number of carbonyl (C=O) groups is 1. The molecule has 3 heterocycles. The quantitative estimate of drug-likeness (QED) is 0.863. The van der Waals surface area contributed by atoms with Crippen LogP contribution in [0, 0.1) is 6.92 Å². The van der Waals surface area contributed by atoms with Crippen LogP contribution >= 0.6 is 0 Å². The topological polar surface area (TPSA) is 77.0 Å². The van der Waals surface area contributed by atoms with Gasteiger partial charge < -0.3 is 9.42 Å². The smallest absolute Gasteiger partial charge is 0.257 e. The van der Waals surface area contributed by atoms with Crippen molar-refractivity contribution in [3.05, 3.63) is 29.7 Å². The SMILES string of the molecule is CCn1cc(C(=O)N2CCCCC2c2nc(C)no2)cn1. The Morgan fingerprint density at radius 3 is 3.00 bits per heavy atom. The fraction of sp³-hybridized carbons (Fsp3) is 0.571. The van der Waals surface area contributed by atoms with Crippen LogP contribution in [0.5, 0.6) is 0 Å². The van der Waals surface area contributed by atoms with Gasteiger partial charge >= 0.3 is 0 Å². The molecular formula is C14H19N5O2. The third kappa shape index (κ3) is 2.68. The van der Waals surface area contributed by atoms with Crippen molar-refractivity contribution in [3.63, 3.8) is 0 Å². The lowest BCUT2D eigenvalue weighted by Gasteiger charge is -2.33. The fourth-order valence-electron chi connectivity index (χ4n) is 2.69. The van der Waals surface area contributed by atoms with Crippen molar-refractivity contribution >= 4 is 5.91 Å². The summed E-state index contributed by atoms with van der Waals surface area (Å²) in [4.78, 5) is 18.8. The van der Waals surface area contributed by atoms with Crippen molar-refractivity contribution < 1.29 is 9.32 Å². The van der Waals surface area contributed by atoms with Gasteiger partial charge in [0.25, 0.3) is 5.91 Å². The average molecular weight is 289 g/mol. The highest BCUT2D eigenvalue weighted by Gasteiger charge is 2.32. The predicted molar refractivity (Wildman–Crippen MR) is 74.6 cm³/mol. The molecule has 0 bridgehead atoms. The maximum Gasteiger partial charge on any atom is 0.257 e. The van der Waals surface area contributed by atoms with Crippen LogP contribution in [0.1, 0.15) is 54.3 Å². The molecule has 1 atom stereocenters. The second kappa shape index (κ2) is 5.67. The van der Waals surface area contributed by atoms with Gasteiger partial charge in [-0.2, -0.15) is 10.1 Å². The Hall–Kier alpha value is -2.18. The summed E-state index contributed by atoms with van der Waals surface area (Å²) in [6.07, 6.45) is 6.32. The Kier molecular flexibility index (Phi) is 3.72. The molecular weight excluding hydrogens is 270 g/mol. The van der Waals surface area contributed by atoms with E-state index in [0.717, 1.165) is 25.8 Å². The summed E-state index contributed by atoms with van der Waals surface area (Å²) in [5.41, 5.74) is 0.611. The molecule has 1 amide bonds. The van der Waals surface area contributed by atoms with E-state index >= 15 is 0 Å². The minimum absolute atomic E-state index is 0.0183. The Labute approximate surface area is 122 Å². The molecule has 3 rings (SSSR count). The summed E-state index contributed by atoms with van der Waals surface area (Å²) in [5, 5.41) is 8.01. The number of nitrogens with zero attached hydrogens (tertiary/aromatic N) is 5. The summed E-state index contributed by atoms with van der Waals surface area (Å²) in [5.74, 6) is 1.11. The van der Waals surface area contributed by atoms with Crippen molar-refractivity contribution in [2.45, 2.75) is 45.7 Å². The number of amides is 1.